The molecule has 3 rings (SSSR count). The topological polar surface area (TPSA) is 71.4 Å². The molecule has 0 amide bonds. The van der Waals surface area contributed by atoms with Crippen LogP contribution >= 0.6 is 24.0 Å². The molecule has 0 aromatic carbocycles. The Morgan fingerprint density at radius 1 is 1.12 bits per heavy atom. The normalized spacial score (nSPS) is 14.6. The molecule has 2 aromatic heterocycles. The minimum absolute atomic E-state index is 0. The third-order valence-corrected chi connectivity index (χ3v) is 4.23. The van der Waals surface area contributed by atoms with Crippen LogP contribution in [0.15, 0.2) is 47.7 Å². The fourth-order valence-corrected chi connectivity index (χ4v) is 2.85. The van der Waals surface area contributed by atoms with E-state index in [1.54, 1.807) is 13.2 Å². The molecule has 1 saturated carbocycles. The molecule has 0 aliphatic heterocycles. The van der Waals surface area contributed by atoms with E-state index in [-0.39, 0.29) is 24.0 Å². The minimum atomic E-state index is 0. The highest BCUT2D eigenvalue weighted by atomic mass is 127. The molecule has 2 aromatic rings. The van der Waals surface area contributed by atoms with Crippen molar-refractivity contribution in [1.82, 2.24) is 20.6 Å². The van der Waals surface area contributed by atoms with Crippen LogP contribution in [0.25, 0.3) is 0 Å². The van der Waals surface area contributed by atoms with Gasteiger partial charge in [-0.2, -0.15) is 0 Å². The van der Waals surface area contributed by atoms with Crippen molar-refractivity contribution in [2.75, 3.05) is 7.05 Å². The average Bonchev–Trinajstić information content (AvgIpc) is 3.17. The Labute approximate surface area is 171 Å². The van der Waals surface area contributed by atoms with Gasteiger partial charge in [-0.3, -0.25) is 9.98 Å². The molecule has 0 radical (unpaired) electrons. The number of hydrogen-bond donors (Lipinski definition) is 2. The number of nitrogens with one attached hydrogen (secondary N) is 2. The van der Waals surface area contributed by atoms with Gasteiger partial charge in [0.05, 0.1) is 12.2 Å². The monoisotopic (exact) mass is 467 g/mol. The lowest BCUT2D eigenvalue weighted by atomic mass is 10.3. The maximum absolute atomic E-state index is 5.89. The van der Waals surface area contributed by atoms with Gasteiger partial charge in [0.2, 0.25) is 5.88 Å². The number of rotatable bonds is 6. The summed E-state index contributed by atoms with van der Waals surface area (Å²) in [6.07, 6.45) is 8.78. The first-order valence-electron chi connectivity index (χ1n) is 8.79. The zero-order valence-electron chi connectivity index (χ0n) is 15.0. The van der Waals surface area contributed by atoms with Gasteiger partial charge in [0, 0.05) is 32.1 Å². The van der Waals surface area contributed by atoms with E-state index >= 15 is 0 Å². The van der Waals surface area contributed by atoms with E-state index < -0.39 is 0 Å². The molecule has 26 heavy (non-hydrogen) atoms. The maximum Gasteiger partial charge on any atom is 0.213 e. The van der Waals surface area contributed by atoms with Crippen LogP contribution in [0.1, 0.15) is 36.9 Å². The Bertz CT molecular complexity index is 672. The van der Waals surface area contributed by atoms with Crippen molar-refractivity contribution in [2.45, 2.75) is 44.9 Å². The number of hydrogen-bond acceptors (Lipinski definition) is 4. The highest BCUT2D eigenvalue weighted by molar-refractivity contribution is 14.0. The second-order valence-corrected chi connectivity index (χ2v) is 6.13. The summed E-state index contributed by atoms with van der Waals surface area (Å²) in [5.74, 6) is 1.45. The Morgan fingerprint density at radius 2 is 1.92 bits per heavy atom. The maximum atomic E-state index is 5.89. The zero-order chi connectivity index (χ0) is 17.3. The fraction of sp³-hybridized carbons (Fsp3) is 0.421. The molecule has 1 aliphatic carbocycles. The van der Waals surface area contributed by atoms with Gasteiger partial charge in [-0.15, -0.1) is 24.0 Å². The van der Waals surface area contributed by atoms with Crippen molar-refractivity contribution in [3.63, 3.8) is 0 Å². The summed E-state index contributed by atoms with van der Waals surface area (Å²) in [6, 6.07) is 9.84. The Hall–Kier alpha value is -1.90. The van der Waals surface area contributed by atoms with Gasteiger partial charge < -0.3 is 15.4 Å². The highest BCUT2D eigenvalue weighted by Gasteiger charge is 2.16. The molecule has 6 nitrogen and oxygen atoms in total. The summed E-state index contributed by atoms with van der Waals surface area (Å²) in [4.78, 5) is 12.9. The average molecular weight is 467 g/mol. The lowest BCUT2D eigenvalue weighted by Crippen LogP contribution is -2.36. The molecule has 0 bridgehead atoms. The van der Waals surface area contributed by atoms with E-state index in [1.165, 1.54) is 12.8 Å². The van der Waals surface area contributed by atoms with Crippen LogP contribution in [0.3, 0.4) is 0 Å². The SMILES string of the molecule is CN=C(NCc1ccc(OC2CCCC2)nc1)NCc1ccccn1.I. The fourth-order valence-electron chi connectivity index (χ4n) is 2.85. The van der Waals surface area contributed by atoms with Gasteiger partial charge in [0.25, 0.3) is 0 Å². The van der Waals surface area contributed by atoms with Gasteiger partial charge in [-0.1, -0.05) is 12.1 Å². The minimum Gasteiger partial charge on any atom is -0.474 e. The van der Waals surface area contributed by atoms with Crippen LogP contribution in [0.5, 0.6) is 5.88 Å². The van der Waals surface area contributed by atoms with E-state index in [0.717, 1.165) is 30.1 Å². The lowest BCUT2D eigenvalue weighted by molar-refractivity contribution is 0.201. The number of aliphatic imine (C=N–C) groups is 1. The smallest absolute Gasteiger partial charge is 0.213 e. The summed E-state index contributed by atoms with van der Waals surface area (Å²) >= 11 is 0. The van der Waals surface area contributed by atoms with Crippen molar-refractivity contribution in [3.8, 4) is 5.88 Å². The van der Waals surface area contributed by atoms with Crippen LogP contribution in [0.4, 0.5) is 0 Å². The molecule has 0 saturated heterocycles. The van der Waals surface area contributed by atoms with E-state index in [0.29, 0.717) is 25.1 Å². The molecule has 7 heteroatoms. The number of aromatic nitrogens is 2. The highest BCUT2D eigenvalue weighted by Crippen LogP contribution is 2.22. The van der Waals surface area contributed by atoms with Crippen LogP contribution in [0, 0.1) is 0 Å². The number of ether oxygens (including phenoxy) is 1. The molecule has 1 fully saturated rings. The van der Waals surface area contributed by atoms with Crippen molar-refractivity contribution in [2.24, 2.45) is 4.99 Å². The largest absolute Gasteiger partial charge is 0.474 e. The molecule has 0 spiro atoms. The van der Waals surface area contributed by atoms with Crippen molar-refractivity contribution >= 4 is 29.9 Å². The Balaban J connectivity index is 0.00000243. The van der Waals surface area contributed by atoms with Gasteiger partial charge in [-0.25, -0.2) is 4.98 Å². The van der Waals surface area contributed by atoms with Crippen LogP contribution in [-0.4, -0.2) is 29.1 Å². The third-order valence-electron chi connectivity index (χ3n) is 4.23. The predicted molar refractivity (Wildman–Crippen MR) is 114 cm³/mol. The zero-order valence-corrected chi connectivity index (χ0v) is 17.3. The summed E-state index contributed by atoms with van der Waals surface area (Å²) in [5.41, 5.74) is 2.06. The van der Waals surface area contributed by atoms with Crippen molar-refractivity contribution < 1.29 is 4.74 Å². The van der Waals surface area contributed by atoms with Crippen LogP contribution < -0.4 is 15.4 Å². The standard InChI is InChI=1S/C19H25N5O.HI/c1-20-19(24-14-16-6-4-5-11-21-16)23-13-15-9-10-18(22-12-15)25-17-7-2-3-8-17;/h4-6,9-12,17H,2-3,7-8,13-14H2,1H3,(H2,20,23,24);1H. The van der Waals surface area contributed by atoms with Gasteiger partial charge in [0.15, 0.2) is 5.96 Å². The van der Waals surface area contributed by atoms with Crippen LogP contribution in [0.2, 0.25) is 0 Å². The molecule has 2 heterocycles. The van der Waals surface area contributed by atoms with Crippen molar-refractivity contribution in [3.05, 3.63) is 54.0 Å². The molecule has 1 aliphatic rings. The summed E-state index contributed by atoms with van der Waals surface area (Å²) < 4.78 is 5.89. The summed E-state index contributed by atoms with van der Waals surface area (Å²) in [6.45, 7) is 1.28. The first kappa shape index (κ1) is 20.4. The second kappa shape index (κ2) is 10.9. The molecule has 140 valence electrons. The number of nitrogens with zero attached hydrogens (tertiary/aromatic N) is 3. The molecular formula is C19H26IN5O. The predicted octanol–water partition coefficient (Wildman–Crippen LogP) is 3.28. The quantitative estimate of drug-likeness (QED) is 0.388. The van der Waals surface area contributed by atoms with Crippen LogP contribution in [-0.2, 0) is 13.1 Å². The number of halogens is 1. The van der Waals surface area contributed by atoms with E-state index in [2.05, 4.69) is 25.6 Å². The molecular weight excluding hydrogens is 441 g/mol. The second-order valence-electron chi connectivity index (χ2n) is 6.13. The Kier molecular flexibility index (Phi) is 8.60. The lowest BCUT2D eigenvalue weighted by Gasteiger charge is -2.13. The van der Waals surface area contributed by atoms with Crippen molar-refractivity contribution in [1.29, 1.82) is 0 Å². The number of guanidine groups is 1. The van der Waals surface area contributed by atoms with E-state index in [9.17, 15) is 0 Å². The molecule has 0 unspecified atom stereocenters. The first-order chi connectivity index (χ1) is 12.3. The van der Waals surface area contributed by atoms with Gasteiger partial charge in [-0.05, 0) is 43.4 Å². The molecule has 2 N–H and O–H groups in total. The Morgan fingerprint density at radius 3 is 2.58 bits per heavy atom. The molecule has 0 atom stereocenters. The first-order valence-corrected chi connectivity index (χ1v) is 8.79. The van der Waals surface area contributed by atoms with Gasteiger partial charge in [0.1, 0.15) is 6.10 Å². The number of pyridine rings is 2. The third kappa shape index (κ3) is 6.44. The van der Waals surface area contributed by atoms with Gasteiger partial charge >= 0.3 is 0 Å². The van der Waals surface area contributed by atoms with E-state index in [1.807, 2.05) is 36.5 Å². The van der Waals surface area contributed by atoms with E-state index in [4.69, 9.17) is 4.74 Å². The summed E-state index contributed by atoms with van der Waals surface area (Å²) in [5, 5.41) is 6.53. The summed E-state index contributed by atoms with van der Waals surface area (Å²) in [7, 11) is 1.75.